The minimum Gasteiger partial charge on any atom is -0.432 e. The Bertz CT molecular complexity index is 535. The lowest BCUT2D eigenvalue weighted by molar-refractivity contribution is -0.0522. The molecule has 2 N–H and O–H groups in total. The summed E-state index contributed by atoms with van der Waals surface area (Å²) in [5.41, 5.74) is 6.89. The molecular weight excluding hydrogens is 315 g/mol. The second-order valence-corrected chi connectivity index (χ2v) is 7.35. The van der Waals surface area contributed by atoms with Crippen molar-refractivity contribution in [2.24, 2.45) is 17.6 Å². The average Bonchev–Trinajstić information content (AvgIpc) is 2.57. The van der Waals surface area contributed by atoms with Crippen molar-refractivity contribution in [3.63, 3.8) is 0 Å². The summed E-state index contributed by atoms with van der Waals surface area (Å²) in [5, 5.41) is 0. The Morgan fingerprint density at radius 3 is 2.04 bits per heavy atom. The van der Waals surface area contributed by atoms with E-state index in [-0.39, 0.29) is 5.75 Å². The van der Waals surface area contributed by atoms with Crippen molar-refractivity contribution in [2.75, 3.05) is 0 Å². The third kappa shape index (κ3) is 4.24. The molecule has 0 saturated heterocycles. The van der Waals surface area contributed by atoms with Gasteiger partial charge in [0.1, 0.15) is 0 Å². The van der Waals surface area contributed by atoms with Crippen molar-refractivity contribution in [3.05, 3.63) is 29.6 Å². The Morgan fingerprint density at radius 2 is 1.50 bits per heavy atom. The first-order valence-corrected chi connectivity index (χ1v) is 9.02. The zero-order chi connectivity index (χ0) is 17.1. The highest BCUT2D eigenvalue weighted by Gasteiger charge is 2.30. The zero-order valence-corrected chi connectivity index (χ0v) is 13.9. The van der Waals surface area contributed by atoms with Crippen LogP contribution in [0.1, 0.15) is 62.8 Å². The molecule has 0 amide bonds. The van der Waals surface area contributed by atoms with Crippen LogP contribution < -0.4 is 10.5 Å². The van der Waals surface area contributed by atoms with E-state index in [1.807, 2.05) is 0 Å². The fourth-order valence-electron chi connectivity index (χ4n) is 4.50. The minimum atomic E-state index is -3.00. The molecule has 1 aromatic rings. The summed E-state index contributed by atoms with van der Waals surface area (Å²) in [6, 6.07) is 4.80. The molecule has 0 unspecified atom stereocenters. The number of hydrogen-bond donors (Lipinski definition) is 1. The molecule has 134 valence electrons. The van der Waals surface area contributed by atoms with Crippen molar-refractivity contribution in [3.8, 4) is 5.75 Å². The van der Waals surface area contributed by atoms with Crippen LogP contribution in [0.2, 0.25) is 0 Å². The Labute approximate surface area is 141 Å². The molecule has 0 radical (unpaired) electrons. The fourth-order valence-corrected chi connectivity index (χ4v) is 4.50. The molecule has 5 heteroatoms. The molecule has 1 aromatic carbocycles. The van der Waals surface area contributed by atoms with Crippen molar-refractivity contribution in [2.45, 2.75) is 69.9 Å². The topological polar surface area (TPSA) is 35.2 Å². The van der Waals surface area contributed by atoms with Crippen molar-refractivity contribution < 1.29 is 17.9 Å². The Kier molecular flexibility index (Phi) is 5.69. The molecule has 0 spiro atoms. The molecule has 0 atom stereocenters. The monoisotopic (exact) mass is 341 g/mol. The third-order valence-corrected chi connectivity index (χ3v) is 5.90. The Morgan fingerprint density at radius 1 is 0.917 bits per heavy atom. The van der Waals surface area contributed by atoms with E-state index in [1.54, 1.807) is 6.07 Å². The van der Waals surface area contributed by atoms with Crippen molar-refractivity contribution in [1.82, 2.24) is 0 Å². The standard InChI is InChI=1S/C19H26F3NO/c20-17-11-15(7-10-18(17)24-19(21)22)14-3-1-12(2-4-14)13-5-8-16(23)9-6-13/h7,10-14,16,19H,1-6,8-9,23H2. The molecule has 0 aliphatic heterocycles. The van der Waals surface area contributed by atoms with E-state index in [4.69, 9.17) is 5.73 Å². The number of ether oxygens (including phenoxy) is 1. The maximum atomic E-state index is 13.9. The molecule has 2 nitrogen and oxygen atoms in total. The van der Waals surface area contributed by atoms with Crippen molar-refractivity contribution >= 4 is 0 Å². The van der Waals surface area contributed by atoms with E-state index < -0.39 is 12.4 Å². The maximum absolute atomic E-state index is 13.9. The lowest BCUT2D eigenvalue weighted by atomic mass is 9.69. The van der Waals surface area contributed by atoms with Gasteiger partial charge in [0, 0.05) is 6.04 Å². The number of benzene rings is 1. The van der Waals surface area contributed by atoms with Gasteiger partial charge in [-0.25, -0.2) is 4.39 Å². The van der Waals surface area contributed by atoms with Crippen LogP contribution in [0, 0.1) is 17.7 Å². The second kappa shape index (κ2) is 7.77. The normalized spacial score (nSPS) is 31.2. The van der Waals surface area contributed by atoms with Crippen LogP contribution in [0.4, 0.5) is 13.2 Å². The molecule has 0 aromatic heterocycles. The van der Waals surface area contributed by atoms with Gasteiger partial charge in [-0.05, 0) is 86.8 Å². The summed E-state index contributed by atoms with van der Waals surface area (Å²) in [4.78, 5) is 0. The number of nitrogens with two attached hydrogens (primary N) is 1. The van der Waals surface area contributed by atoms with Gasteiger partial charge in [0.25, 0.3) is 0 Å². The molecule has 24 heavy (non-hydrogen) atoms. The van der Waals surface area contributed by atoms with Crippen LogP contribution in [-0.2, 0) is 0 Å². The zero-order valence-electron chi connectivity index (χ0n) is 13.9. The van der Waals surface area contributed by atoms with Gasteiger partial charge in [-0.15, -0.1) is 0 Å². The summed E-state index contributed by atoms with van der Waals surface area (Å²) < 4.78 is 42.5. The predicted molar refractivity (Wildman–Crippen MR) is 87.7 cm³/mol. The summed E-state index contributed by atoms with van der Waals surface area (Å²) >= 11 is 0. The highest BCUT2D eigenvalue weighted by atomic mass is 19.3. The Balaban J connectivity index is 1.55. The molecule has 3 rings (SSSR count). The molecule has 2 saturated carbocycles. The molecule has 2 fully saturated rings. The highest BCUT2D eigenvalue weighted by Crippen LogP contribution is 2.43. The van der Waals surface area contributed by atoms with Gasteiger partial charge in [-0.1, -0.05) is 6.07 Å². The number of alkyl halides is 2. The van der Waals surface area contributed by atoms with Crippen LogP contribution in [0.5, 0.6) is 5.75 Å². The minimum absolute atomic E-state index is 0.321. The van der Waals surface area contributed by atoms with Crippen molar-refractivity contribution in [1.29, 1.82) is 0 Å². The average molecular weight is 341 g/mol. The van der Waals surface area contributed by atoms with Crippen LogP contribution in [0.25, 0.3) is 0 Å². The smallest absolute Gasteiger partial charge is 0.387 e. The summed E-state index contributed by atoms with van der Waals surface area (Å²) in [5.74, 6) is 0.809. The quantitative estimate of drug-likeness (QED) is 0.815. The molecule has 0 bridgehead atoms. The lowest BCUT2D eigenvalue weighted by Crippen LogP contribution is -2.31. The second-order valence-electron chi connectivity index (χ2n) is 7.35. The van der Waals surface area contributed by atoms with Crippen LogP contribution in [-0.4, -0.2) is 12.7 Å². The predicted octanol–water partition coefficient (Wildman–Crippen LogP) is 5.22. The van der Waals surface area contributed by atoms with Crippen LogP contribution >= 0.6 is 0 Å². The molecule has 2 aliphatic rings. The number of halogens is 3. The fraction of sp³-hybridized carbons (Fsp3) is 0.684. The van der Waals surface area contributed by atoms with E-state index in [9.17, 15) is 13.2 Å². The van der Waals surface area contributed by atoms with Gasteiger partial charge in [-0.2, -0.15) is 8.78 Å². The van der Waals surface area contributed by atoms with E-state index >= 15 is 0 Å². The summed E-state index contributed by atoms with van der Waals surface area (Å²) in [6.45, 7) is -3.00. The molecule has 2 aliphatic carbocycles. The van der Waals surface area contributed by atoms with Gasteiger partial charge < -0.3 is 10.5 Å². The van der Waals surface area contributed by atoms with Gasteiger partial charge >= 0.3 is 6.61 Å². The van der Waals surface area contributed by atoms with E-state index in [0.717, 1.165) is 43.1 Å². The van der Waals surface area contributed by atoms with Gasteiger partial charge in [0.15, 0.2) is 11.6 Å². The summed E-state index contributed by atoms with van der Waals surface area (Å²) in [6.07, 6.45) is 9.19. The van der Waals surface area contributed by atoms with Crippen LogP contribution in [0.15, 0.2) is 18.2 Å². The van der Waals surface area contributed by atoms with E-state index in [0.29, 0.717) is 12.0 Å². The molecule has 0 heterocycles. The van der Waals surface area contributed by atoms with Gasteiger partial charge in [0.2, 0.25) is 0 Å². The summed E-state index contributed by atoms with van der Waals surface area (Å²) in [7, 11) is 0. The van der Waals surface area contributed by atoms with Crippen LogP contribution in [0.3, 0.4) is 0 Å². The number of hydrogen-bond acceptors (Lipinski definition) is 2. The maximum Gasteiger partial charge on any atom is 0.387 e. The SMILES string of the molecule is NC1CCC(C2CCC(c3ccc(OC(F)F)c(F)c3)CC2)CC1. The van der Waals surface area contributed by atoms with E-state index in [2.05, 4.69) is 4.74 Å². The number of rotatable bonds is 4. The van der Waals surface area contributed by atoms with Gasteiger partial charge in [0.05, 0.1) is 0 Å². The molecular formula is C19H26F3NO. The first kappa shape index (κ1) is 17.6. The largest absolute Gasteiger partial charge is 0.432 e. The Hall–Kier alpha value is -1.23. The highest BCUT2D eigenvalue weighted by molar-refractivity contribution is 5.31. The lowest BCUT2D eigenvalue weighted by Gasteiger charge is -2.37. The first-order chi connectivity index (χ1) is 11.5. The first-order valence-electron chi connectivity index (χ1n) is 9.02. The third-order valence-electron chi connectivity index (χ3n) is 5.90. The van der Waals surface area contributed by atoms with Gasteiger partial charge in [-0.3, -0.25) is 0 Å². The van der Waals surface area contributed by atoms with E-state index in [1.165, 1.54) is 37.8 Å².